The molecule has 0 radical (unpaired) electrons. The number of nitrogen functional groups attached to an aromatic ring is 1. The number of nitrogens with two attached hydrogens (primary N) is 1. The zero-order valence-electron chi connectivity index (χ0n) is 7.77. The van der Waals surface area contributed by atoms with E-state index >= 15 is 0 Å². The Labute approximate surface area is 90.3 Å². The molecule has 0 saturated carbocycles. The van der Waals surface area contributed by atoms with Gasteiger partial charge in [-0.2, -0.15) is 0 Å². The molecule has 0 aliphatic carbocycles. The Kier molecular flexibility index (Phi) is 1.78. The predicted molar refractivity (Wildman–Crippen MR) is 58.1 cm³/mol. The minimum Gasteiger partial charge on any atom is -0.454 e. The molecule has 5 heteroatoms. The number of thiazole rings is 1. The second kappa shape index (κ2) is 3.13. The van der Waals surface area contributed by atoms with Crippen LogP contribution in [0.3, 0.4) is 0 Å². The van der Waals surface area contributed by atoms with Gasteiger partial charge in [0.05, 0.1) is 5.69 Å². The molecule has 1 aromatic heterocycles. The summed E-state index contributed by atoms with van der Waals surface area (Å²) < 4.78 is 10.5. The van der Waals surface area contributed by atoms with Crippen LogP contribution in [-0.4, -0.2) is 11.8 Å². The van der Waals surface area contributed by atoms with Crippen molar-refractivity contribution in [1.82, 2.24) is 4.98 Å². The fraction of sp³-hybridized carbons (Fsp3) is 0.100. The lowest BCUT2D eigenvalue weighted by molar-refractivity contribution is 0.174. The first-order chi connectivity index (χ1) is 7.33. The standard InChI is InChI=1S/C10H8N2O2S/c11-10-12-7(4-15-10)6-1-2-8-9(3-6)14-5-13-8/h1-4H,5H2,(H2,11,12). The van der Waals surface area contributed by atoms with Crippen LogP contribution < -0.4 is 15.2 Å². The molecule has 76 valence electrons. The number of aromatic nitrogens is 1. The van der Waals surface area contributed by atoms with Crippen LogP contribution in [0.4, 0.5) is 5.13 Å². The van der Waals surface area contributed by atoms with Gasteiger partial charge >= 0.3 is 0 Å². The SMILES string of the molecule is Nc1nc(-c2ccc3c(c2)OCO3)cs1. The Morgan fingerprint density at radius 3 is 2.93 bits per heavy atom. The summed E-state index contributed by atoms with van der Waals surface area (Å²) in [6, 6.07) is 5.74. The maximum absolute atomic E-state index is 5.58. The third kappa shape index (κ3) is 1.41. The Morgan fingerprint density at radius 1 is 1.27 bits per heavy atom. The van der Waals surface area contributed by atoms with Crippen LogP contribution in [0, 0.1) is 0 Å². The molecule has 0 spiro atoms. The molecule has 1 aliphatic rings. The third-order valence-corrected chi connectivity index (χ3v) is 2.86. The van der Waals surface area contributed by atoms with E-state index in [9.17, 15) is 0 Å². The van der Waals surface area contributed by atoms with Gasteiger partial charge in [-0.1, -0.05) is 0 Å². The number of hydrogen-bond acceptors (Lipinski definition) is 5. The van der Waals surface area contributed by atoms with Crippen molar-refractivity contribution >= 4 is 16.5 Å². The molecular formula is C10H8N2O2S. The molecule has 0 atom stereocenters. The summed E-state index contributed by atoms with van der Waals surface area (Å²) >= 11 is 1.43. The van der Waals surface area contributed by atoms with E-state index in [1.807, 2.05) is 23.6 Å². The molecule has 0 fully saturated rings. The van der Waals surface area contributed by atoms with Crippen molar-refractivity contribution in [3.8, 4) is 22.8 Å². The van der Waals surface area contributed by atoms with Gasteiger partial charge in [-0.25, -0.2) is 4.98 Å². The zero-order valence-corrected chi connectivity index (χ0v) is 8.58. The average molecular weight is 220 g/mol. The molecule has 0 amide bonds. The molecule has 2 N–H and O–H groups in total. The lowest BCUT2D eigenvalue weighted by atomic mass is 10.1. The molecule has 15 heavy (non-hydrogen) atoms. The Morgan fingerprint density at radius 2 is 2.13 bits per heavy atom. The number of hydrogen-bond donors (Lipinski definition) is 1. The van der Waals surface area contributed by atoms with Gasteiger partial charge in [0.15, 0.2) is 16.6 Å². The van der Waals surface area contributed by atoms with Crippen LogP contribution in [0.5, 0.6) is 11.5 Å². The van der Waals surface area contributed by atoms with E-state index in [-0.39, 0.29) is 6.79 Å². The van der Waals surface area contributed by atoms with Crippen LogP contribution >= 0.6 is 11.3 Å². The number of benzene rings is 1. The lowest BCUT2D eigenvalue weighted by Gasteiger charge is -1.98. The maximum atomic E-state index is 5.58. The van der Waals surface area contributed by atoms with Crippen LogP contribution in [0.2, 0.25) is 0 Å². The summed E-state index contributed by atoms with van der Waals surface area (Å²) in [6.45, 7) is 0.290. The van der Waals surface area contributed by atoms with Gasteiger partial charge in [-0.3, -0.25) is 0 Å². The fourth-order valence-corrected chi connectivity index (χ4v) is 2.05. The van der Waals surface area contributed by atoms with E-state index in [0.717, 1.165) is 22.8 Å². The van der Waals surface area contributed by atoms with Crippen molar-refractivity contribution in [3.05, 3.63) is 23.6 Å². The Balaban J connectivity index is 2.06. The van der Waals surface area contributed by atoms with Crippen molar-refractivity contribution in [3.63, 3.8) is 0 Å². The van der Waals surface area contributed by atoms with Gasteiger partial charge < -0.3 is 15.2 Å². The monoisotopic (exact) mass is 220 g/mol. The van der Waals surface area contributed by atoms with E-state index in [2.05, 4.69) is 4.98 Å². The highest BCUT2D eigenvalue weighted by Crippen LogP contribution is 2.36. The van der Waals surface area contributed by atoms with E-state index < -0.39 is 0 Å². The van der Waals surface area contributed by atoms with Crippen molar-refractivity contribution in [2.24, 2.45) is 0 Å². The van der Waals surface area contributed by atoms with Crippen LogP contribution in [0.25, 0.3) is 11.3 Å². The van der Waals surface area contributed by atoms with Crippen molar-refractivity contribution < 1.29 is 9.47 Å². The molecule has 4 nitrogen and oxygen atoms in total. The highest BCUT2D eigenvalue weighted by molar-refractivity contribution is 7.13. The first kappa shape index (κ1) is 8.55. The van der Waals surface area contributed by atoms with Gasteiger partial charge in [-0.05, 0) is 18.2 Å². The van der Waals surface area contributed by atoms with Crippen LogP contribution in [0.1, 0.15) is 0 Å². The molecule has 1 aromatic carbocycles. The summed E-state index contributed by atoms with van der Waals surface area (Å²) in [5.74, 6) is 1.54. The van der Waals surface area contributed by atoms with Gasteiger partial charge in [0, 0.05) is 10.9 Å². The smallest absolute Gasteiger partial charge is 0.231 e. The van der Waals surface area contributed by atoms with Crippen molar-refractivity contribution in [1.29, 1.82) is 0 Å². The van der Waals surface area contributed by atoms with Crippen molar-refractivity contribution in [2.45, 2.75) is 0 Å². The van der Waals surface area contributed by atoms with Crippen LogP contribution in [0.15, 0.2) is 23.6 Å². The summed E-state index contributed by atoms with van der Waals surface area (Å²) in [5, 5.41) is 2.50. The summed E-state index contributed by atoms with van der Waals surface area (Å²) in [7, 11) is 0. The van der Waals surface area contributed by atoms with Gasteiger partial charge in [0.1, 0.15) is 0 Å². The second-order valence-electron chi connectivity index (χ2n) is 3.14. The normalized spacial score (nSPS) is 13.1. The number of nitrogens with zero attached hydrogens (tertiary/aromatic N) is 1. The molecule has 3 rings (SSSR count). The first-order valence-electron chi connectivity index (χ1n) is 4.44. The number of rotatable bonds is 1. The first-order valence-corrected chi connectivity index (χ1v) is 5.32. The summed E-state index contributed by atoms with van der Waals surface area (Å²) in [5.41, 5.74) is 7.44. The highest BCUT2D eigenvalue weighted by Gasteiger charge is 2.14. The summed E-state index contributed by atoms with van der Waals surface area (Å²) in [6.07, 6.45) is 0. The van der Waals surface area contributed by atoms with Crippen LogP contribution in [-0.2, 0) is 0 Å². The average Bonchev–Trinajstić information content (AvgIpc) is 2.84. The van der Waals surface area contributed by atoms with E-state index in [4.69, 9.17) is 15.2 Å². The summed E-state index contributed by atoms with van der Waals surface area (Å²) in [4.78, 5) is 4.21. The largest absolute Gasteiger partial charge is 0.454 e. The fourth-order valence-electron chi connectivity index (χ4n) is 1.48. The molecule has 0 bridgehead atoms. The number of fused-ring (bicyclic) bond motifs is 1. The zero-order chi connectivity index (χ0) is 10.3. The number of anilines is 1. The maximum Gasteiger partial charge on any atom is 0.231 e. The number of ether oxygens (including phenoxy) is 2. The van der Waals surface area contributed by atoms with Crippen molar-refractivity contribution in [2.75, 3.05) is 12.5 Å². The van der Waals surface area contributed by atoms with E-state index in [1.54, 1.807) is 0 Å². The molecule has 0 saturated heterocycles. The molecule has 2 aromatic rings. The second-order valence-corrected chi connectivity index (χ2v) is 4.03. The van der Waals surface area contributed by atoms with Gasteiger partial charge in [0.2, 0.25) is 6.79 Å². The molecule has 1 aliphatic heterocycles. The van der Waals surface area contributed by atoms with Gasteiger partial charge in [-0.15, -0.1) is 11.3 Å². The Hall–Kier alpha value is -1.75. The van der Waals surface area contributed by atoms with E-state index in [1.165, 1.54) is 11.3 Å². The molecule has 2 heterocycles. The topological polar surface area (TPSA) is 57.4 Å². The minimum atomic E-state index is 0.290. The minimum absolute atomic E-state index is 0.290. The predicted octanol–water partition coefficient (Wildman–Crippen LogP) is 2.12. The quantitative estimate of drug-likeness (QED) is 0.799. The molecular weight excluding hydrogens is 212 g/mol. The molecule has 0 unspecified atom stereocenters. The third-order valence-electron chi connectivity index (χ3n) is 2.19. The highest BCUT2D eigenvalue weighted by atomic mass is 32.1. The Bertz CT molecular complexity index is 510. The van der Waals surface area contributed by atoms with Gasteiger partial charge in [0.25, 0.3) is 0 Å². The van der Waals surface area contributed by atoms with E-state index in [0.29, 0.717) is 5.13 Å². The lowest BCUT2D eigenvalue weighted by Crippen LogP contribution is -1.92.